The van der Waals surface area contributed by atoms with Gasteiger partial charge in [0.15, 0.2) is 5.82 Å². The maximum Gasteiger partial charge on any atom is 0.229 e. The van der Waals surface area contributed by atoms with Crippen LogP contribution in [0.1, 0.15) is 23.5 Å². The van der Waals surface area contributed by atoms with Gasteiger partial charge < -0.3 is 5.32 Å². The molecule has 138 valence electrons. The molecule has 1 aliphatic rings. The zero-order valence-electron chi connectivity index (χ0n) is 15.5. The molecule has 4 nitrogen and oxygen atoms in total. The summed E-state index contributed by atoms with van der Waals surface area (Å²) in [5.74, 6) is 1.05. The summed E-state index contributed by atoms with van der Waals surface area (Å²) in [6.07, 6.45) is 2.82. The van der Waals surface area contributed by atoms with Crippen LogP contribution in [0.4, 0.5) is 5.82 Å². The van der Waals surface area contributed by atoms with Gasteiger partial charge >= 0.3 is 0 Å². The van der Waals surface area contributed by atoms with E-state index in [0.29, 0.717) is 18.3 Å². The van der Waals surface area contributed by atoms with Gasteiger partial charge in [-0.15, -0.1) is 0 Å². The monoisotopic (exact) mass is 367 g/mol. The van der Waals surface area contributed by atoms with E-state index >= 15 is 0 Å². The molecule has 0 spiro atoms. The molecule has 0 saturated heterocycles. The zero-order valence-corrected chi connectivity index (χ0v) is 15.5. The Morgan fingerprint density at radius 1 is 0.964 bits per heavy atom. The summed E-state index contributed by atoms with van der Waals surface area (Å²) in [6.45, 7) is 0.674. The van der Waals surface area contributed by atoms with Crippen molar-refractivity contribution in [3.05, 3.63) is 96.2 Å². The lowest BCUT2D eigenvalue weighted by molar-refractivity contribution is -0.117. The molecule has 1 amide bonds. The van der Waals surface area contributed by atoms with Gasteiger partial charge in [-0.05, 0) is 34.2 Å². The summed E-state index contributed by atoms with van der Waals surface area (Å²) in [7, 11) is 0. The third-order valence-corrected chi connectivity index (χ3v) is 5.46. The van der Waals surface area contributed by atoms with Crippen LogP contribution in [0.5, 0.6) is 0 Å². The minimum absolute atomic E-state index is 0.0469. The Morgan fingerprint density at radius 3 is 2.64 bits per heavy atom. The lowest BCUT2D eigenvalue weighted by atomic mass is 10.0. The second-order valence-electron chi connectivity index (χ2n) is 7.39. The van der Waals surface area contributed by atoms with E-state index < -0.39 is 0 Å². The number of rotatable bonds is 5. The van der Waals surface area contributed by atoms with Crippen LogP contribution >= 0.6 is 0 Å². The first-order valence-corrected chi connectivity index (χ1v) is 9.64. The average Bonchev–Trinajstić information content (AvgIpc) is 3.43. The van der Waals surface area contributed by atoms with Crippen molar-refractivity contribution >= 4 is 22.5 Å². The Bertz CT molecular complexity index is 1130. The van der Waals surface area contributed by atoms with E-state index in [2.05, 4.69) is 58.9 Å². The molecule has 4 heteroatoms. The SMILES string of the molecule is O=C(Nc1ccn(Cc2cccc3ccccc23)n1)[C@H]1C[C@@H]1c1ccccc1. The third kappa shape index (κ3) is 3.29. The number of nitrogens with zero attached hydrogens (tertiary/aromatic N) is 2. The zero-order chi connectivity index (χ0) is 18.9. The Morgan fingerprint density at radius 2 is 1.75 bits per heavy atom. The smallest absolute Gasteiger partial charge is 0.229 e. The highest BCUT2D eigenvalue weighted by Crippen LogP contribution is 2.47. The molecule has 1 aliphatic carbocycles. The quantitative estimate of drug-likeness (QED) is 0.549. The van der Waals surface area contributed by atoms with Crippen molar-refractivity contribution in [2.75, 3.05) is 5.32 Å². The van der Waals surface area contributed by atoms with Gasteiger partial charge in [-0.25, -0.2) is 0 Å². The van der Waals surface area contributed by atoms with Crippen molar-refractivity contribution in [1.82, 2.24) is 9.78 Å². The summed E-state index contributed by atoms with van der Waals surface area (Å²) in [5.41, 5.74) is 2.45. The van der Waals surface area contributed by atoms with Crippen LogP contribution in [0.25, 0.3) is 10.8 Å². The second-order valence-corrected chi connectivity index (χ2v) is 7.39. The summed E-state index contributed by atoms with van der Waals surface area (Å²) in [5, 5.41) is 9.98. The Kier molecular flexibility index (Phi) is 4.17. The van der Waals surface area contributed by atoms with Gasteiger partial charge in [0.25, 0.3) is 0 Å². The van der Waals surface area contributed by atoms with Crippen molar-refractivity contribution in [3.63, 3.8) is 0 Å². The number of hydrogen-bond acceptors (Lipinski definition) is 2. The first-order valence-electron chi connectivity index (χ1n) is 9.64. The van der Waals surface area contributed by atoms with Crippen LogP contribution in [0, 0.1) is 5.92 Å². The minimum atomic E-state index is 0.0469. The van der Waals surface area contributed by atoms with E-state index in [4.69, 9.17) is 0 Å². The standard InChI is InChI=1S/C24H21N3O/c28-24(22-15-21(22)18-7-2-1-3-8-18)25-23-13-14-27(26-23)16-19-11-6-10-17-9-4-5-12-20(17)19/h1-14,21-22H,15-16H2,(H,25,26,28)/t21-,22+/m1/s1. The highest BCUT2D eigenvalue weighted by molar-refractivity contribution is 5.94. The topological polar surface area (TPSA) is 46.9 Å². The number of carbonyl (C=O) groups is 1. The number of fused-ring (bicyclic) bond motifs is 1. The average molecular weight is 367 g/mol. The van der Waals surface area contributed by atoms with Crippen LogP contribution in [0.15, 0.2) is 85.1 Å². The second kappa shape index (κ2) is 6.97. The molecule has 1 N–H and O–H groups in total. The van der Waals surface area contributed by atoms with Gasteiger partial charge in [-0.1, -0.05) is 72.8 Å². The van der Waals surface area contributed by atoms with Crippen molar-refractivity contribution in [2.24, 2.45) is 5.92 Å². The predicted molar refractivity (Wildman–Crippen MR) is 111 cm³/mol. The fourth-order valence-corrected chi connectivity index (χ4v) is 3.89. The summed E-state index contributed by atoms with van der Waals surface area (Å²) in [6, 6.07) is 26.8. The Labute approximate surface area is 163 Å². The number of aromatic nitrogens is 2. The van der Waals surface area contributed by atoms with E-state index in [1.54, 1.807) is 0 Å². The predicted octanol–water partition coefficient (Wildman–Crippen LogP) is 4.83. The molecule has 1 heterocycles. The third-order valence-electron chi connectivity index (χ3n) is 5.46. The summed E-state index contributed by atoms with van der Waals surface area (Å²) in [4.78, 5) is 12.5. The number of amides is 1. The number of hydrogen-bond donors (Lipinski definition) is 1. The molecule has 2 atom stereocenters. The van der Waals surface area contributed by atoms with Gasteiger partial charge in [0, 0.05) is 18.2 Å². The van der Waals surface area contributed by atoms with Gasteiger partial charge in [-0.2, -0.15) is 5.10 Å². The first kappa shape index (κ1) is 16.8. The van der Waals surface area contributed by atoms with Gasteiger partial charge in [0.1, 0.15) is 0 Å². The summed E-state index contributed by atoms with van der Waals surface area (Å²) >= 11 is 0. The molecule has 1 saturated carbocycles. The van der Waals surface area contributed by atoms with E-state index in [-0.39, 0.29) is 11.8 Å². The molecular weight excluding hydrogens is 346 g/mol. The number of benzene rings is 3. The van der Waals surface area contributed by atoms with Crippen LogP contribution in [0.2, 0.25) is 0 Å². The van der Waals surface area contributed by atoms with Crippen LogP contribution in [-0.4, -0.2) is 15.7 Å². The van der Waals surface area contributed by atoms with Crippen molar-refractivity contribution in [3.8, 4) is 0 Å². The molecule has 0 radical (unpaired) electrons. The fraction of sp³-hybridized carbons (Fsp3) is 0.167. The molecular formula is C24H21N3O. The lowest BCUT2D eigenvalue weighted by Crippen LogP contribution is -2.15. The fourth-order valence-electron chi connectivity index (χ4n) is 3.89. The van der Waals surface area contributed by atoms with Crippen molar-refractivity contribution in [1.29, 1.82) is 0 Å². The highest BCUT2D eigenvalue weighted by Gasteiger charge is 2.43. The van der Waals surface area contributed by atoms with E-state index in [9.17, 15) is 4.79 Å². The van der Waals surface area contributed by atoms with Gasteiger partial charge in [-0.3, -0.25) is 9.48 Å². The van der Waals surface area contributed by atoms with E-state index in [0.717, 1.165) is 6.42 Å². The maximum atomic E-state index is 12.5. The van der Waals surface area contributed by atoms with Crippen LogP contribution in [-0.2, 0) is 11.3 Å². The molecule has 28 heavy (non-hydrogen) atoms. The number of anilines is 1. The first-order chi connectivity index (χ1) is 13.8. The van der Waals surface area contributed by atoms with Crippen LogP contribution < -0.4 is 5.32 Å². The Balaban J connectivity index is 1.26. The van der Waals surface area contributed by atoms with Crippen LogP contribution in [0.3, 0.4) is 0 Å². The highest BCUT2D eigenvalue weighted by atomic mass is 16.2. The molecule has 0 aliphatic heterocycles. The van der Waals surface area contributed by atoms with Gasteiger partial charge in [0.05, 0.1) is 6.54 Å². The normalized spacial score (nSPS) is 18.1. The Hall–Kier alpha value is -3.40. The molecule has 3 aromatic carbocycles. The molecule has 1 aromatic heterocycles. The largest absolute Gasteiger partial charge is 0.309 e. The van der Waals surface area contributed by atoms with E-state index in [1.165, 1.54) is 21.9 Å². The molecule has 0 unspecified atom stereocenters. The number of nitrogens with one attached hydrogen (secondary N) is 1. The van der Waals surface area contributed by atoms with Gasteiger partial charge in [0.2, 0.25) is 5.91 Å². The minimum Gasteiger partial charge on any atom is -0.309 e. The van der Waals surface area contributed by atoms with Crippen molar-refractivity contribution in [2.45, 2.75) is 18.9 Å². The molecule has 5 rings (SSSR count). The van der Waals surface area contributed by atoms with Crippen molar-refractivity contribution < 1.29 is 4.79 Å². The molecule has 1 fully saturated rings. The number of carbonyl (C=O) groups excluding carboxylic acids is 1. The van der Waals surface area contributed by atoms with E-state index in [1.807, 2.05) is 41.2 Å². The molecule has 0 bridgehead atoms. The lowest BCUT2D eigenvalue weighted by Gasteiger charge is -2.07. The maximum absolute atomic E-state index is 12.5. The summed E-state index contributed by atoms with van der Waals surface area (Å²) < 4.78 is 1.87. The molecule has 4 aromatic rings.